The van der Waals surface area contributed by atoms with Gasteiger partial charge in [-0.2, -0.15) is 0 Å². The fourth-order valence-electron chi connectivity index (χ4n) is 1.90. The van der Waals surface area contributed by atoms with E-state index in [4.69, 9.17) is 9.88 Å². The Bertz CT molecular complexity index is 878. The smallest absolute Gasteiger partial charge is 0.337 e. The molecule has 0 aliphatic carbocycles. The molecule has 0 spiro atoms. The number of carbonyl (C=O) groups is 2. The monoisotopic (exact) mass is 364 g/mol. The van der Waals surface area contributed by atoms with Gasteiger partial charge in [0.25, 0.3) is 5.91 Å². The largest absolute Gasteiger partial charge is 0.484 e. The second-order valence-electron chi connectivity index (χ2n) is 4.93. The van der Waals surface area contributed by atoms with Gasteiger partial charge in [-0.3, -0.25) is 4.79 Å². The van der Waals surface area contributed by atoms with Crippen molar-refractivity contribution in [2.24, 2.45) is 5.14 Å². The number of ether oxygens (including phenoxy) is 2. The zero-order valence-corrected chi connectivity index (χ0v) is 14.1. The van der Waals surface area contributed by atoms with Gasteiger partial charge in [-0.1, -0.05) is 6.07 Å². The fraction of sp³-hybridized carbons (Fsp3) is 0.125. The number of carbonyl (C=O) groups excluding carboxylic acids is 2. The molecule has 2 aromatic carbocycles. The maximum atomic E-state index is 11.9. The van der Waals surface area contributed by atoms with Crippen LogP contribution >= 0.6 is 0 Å². The summed E-state index contributed by atoms with van der Waals surface area (Å²) in [4.78, 5) is 23.1. The first-order chi connectivity index (χ1) is 11.8. The van der Waals surface area contributed by atoms with Gasteiger partial charge in [0.2, 0.25) is 10.0 Å². The fourth-order valence-corrected chi connectivity index (χ4v) is 2.46. The highest BCUT2D eigenvalue weighted by molar-refractivity contribution is 7.89. The Morgan fingerprint density at radius 3 is 2.40 bits per heavy atom. The van der Waals surface area contributed by atoms with Crippen molar-refractivity contribution < 1.29 is 27.5 Å². The van der Waals surface area contributed by atoms with Crippen molar-refractivity contribution in [2.45, 2.75) is 4.90 Å². The van der Waals surface area contributed by atoms with Crippen molar-refractivity contribution in [2.75, 3.05) is 19.0 Å². The van der Waals surface area contributed by atoms with E-state index in [-0.39, 0.29) is 17.2 Å². The van der Waals surface area contributed by atoms with E-state index in [1.165, 1.54) is 55.6 Å². The molecule has 0 saturated heterocycles. The molecule has 0 aliphatic rings. The molecule has 0 saturated carbocycles. The third-order valence-electron chi connectivity index (χ3n) is 3.09. The Morgan fingerprint density at radius 2 is 1.80 bits per heavy atom. The number of rotatable bonds is 6. The molecule has 0 radical (unpaired) electrons. The summed E-state index contributed by atoms with van der Waals surface area (Å²) in [6, 6.07) is 11.6. The molecule has 1 amide bonds. The molecule has 9 heteroatoms. The van der Waals surface area contributed by atoms with Crippen LogP contribution in [0.4, 0.5) is 5.69 Å². The first kappa shape index (κ1) is 18.4. The van der Waals surface area contributed by atoms with Gasteiger partial charge in [-0.25, -0.2) is 18.4 Å². The van der Waals surface area contributed by atoms with Crippen LogP contribution in [0.5, 0.6) is 5.75 Å². The molecular formula is C16H16N2O6S. The van der Waals surface area contributed by atoms with E-state index in [1.54, 1.807) is 0 Å². The molecule has 0 aliphatic heterocycles. The summed E-state index contributed by atoms with van der Waals surface area (Å²) in [6.07, 6.45) is 0. The van der Waals surface area contributed by atoms with E-state index in [9.17, 15) is 18.0 Å². The number of esters is 1. The number of benzene rings is 2. The van der Waals surface area contributed by atoms with Crippen molar-refractivity contribution in [1.29, 1.82) is 0 Å². The Balaban J connectivity index is 1.94. The Hall–Kier alpha value is -2.91. The van der Waals surface area contributed by atoms with Gasteiger partial charge >= 0.3 is 5.97 Å². The van der Waals surface area contributed by atoms with Crippen LogP contribution in [0.3, 0.4) is 0 Å². The second kappa shape index (κ2) is 7.77. The first-order valence-corrected chi connectivity index (χ1v) is 8.58. The summed E-state index contributed by atoms with van der Waals surface area (Å²) in [6.45, 7) is -0.294. The van der Waals surface area contributed by atoms with Crippen LogP contribution in [0.1, 0.15) is 10.4 Å². The van der Waals surface area contributed by atoms with Crippen molar-refractivity contribution in [1.82, 2.24) is 0 Å². The summed E-state index contributed by atoms with van der Waals surface area (Å²) in [7, 11) is -2.57. The average molecular weight is 364 g/mol. The number of nitrogens with one attached hydrogen (secondary N) is 1. The topological polar surface area (TPSA) is 125 Å². The molecule has 0 bridgehead atoms. The molecule has 3 N–H and O–H groups in total. The summed E-state index contributed by atoms with van der Waals surface area (Å²) in [5, 5.41) is 7.54. The molecule has 0 heterocycles. The van der Waals surface area contributed by atoms with Gasteiger partial charge in [-0.05, 0) is 42.5 Å². The van der Waals surface area contributed by atoms with E-state index in [1.807, 2.05) is 0 Å². The molecule has 0 atom stereocenters. The van der Waals surface area contributed by atoms with E-state index in [2.05, 4.69) is 10.1 Å². The van der Waals surface area contributed by atoms with Crippen LogP contribution in [0.2, 0.25) is 0 Å². The minimum absolute atomic E-state index is 0.107. The first-order valence-electron chi connectivity index (χ1n) is 7.03. The molecule has 0 fully saturated rings. The summed E-state index contributed by atoms with van der Waals surface area (Å²) in [5.41, 5.74) is 0.639. The molecule has 8 nitrogen and oxygen atoms in total. The van der Waals surface area contributed by atoms with Gasteiger partial charge in [0, 0.05) is 5.69 Å². The summed E-state index contributed by atoms with van der Waals surface area (Å²) >= 11 is 0. The maximum Gasteiger partial charge on any atom is 0.337 e. The Morgan fingerprint density at radius 1 is 1.12 bits per heavy atom. The number of anilines is 1. The molecule has 132 valence electrons. The van der Waals surface area contributed by atoms with E-state index >= 15 is 0 Å². The number of nitrogens with two attached hydrogens (primary N) is 1. The van der Waals surface area contributed by atoms with Crippen LogP contribution in [0.25, 0.3) is 0 Å². The lowest BCUT2D eigenvalue weighted by Crippen LogP contribution is -2.20. The number of methoxy groups -OCH3 is 1. The highest BCUT2D eigenvalue weighted by atomic mass is 32.2. The van der Waals surface area contributed by atoms with Crippen molar-refractivity contribution in [3.8, 4) is 5.75 Å². The number of hydrogen-bond acceptors (Lipinski definition) is 6. The molecule has 25 heavy (non-hydrogen) atoms. The molecule has 2 rings (SSSR count). The predicted octanol–water partition coefficient (Wildman–Crippen LogP) is 1.14. The van der Waals surface area contributed by atoms with E-state index in [0.717, 1.165) is 0 Å². The van der Waals surface area contributed by atoms with Crippen LogP contribution in [0, 0.1) is 0 Å². The van der Waals surface area contributed by atoms with Crippen LogP contribution in [-0.4, -0.2) is 34.0 Å². The van der Waals surface area contributed by atoms with Gasteiger partial charge in [0.1, 0.15) is 5.75 Å². The number of sulfonamides is 1. The minimum atomic E-state index is -3.85. The number of primary sulfonamides is 1. The quantitative estimate of drug-likeness (QED) is 0.741. The molecule has 0 aromatic heterocycles. The molecular weight excluding hydrogens is 348 g/mol. The minimum Gasteiger partial charge on any atom is -0.484 e. The molecule has 0 unspecified atom stereocenters. The Labute approximate surface area is 144 Å². The maximum absolute atomic E-state index is 11.9. The summed E-state index contributed by atoms with van der Waals surface area (Å²) < 4.78 is 32.4. The van der Waals surface area contributed by atoms with Crippen LogP contribution < -0.4 is 15.2 Å². The lowest BCUT2D eigenvalue weighted by Gasteiger charge is -2.09. The number of amides is 1. The van der Waals surface area contributed by atoms with Crippen molar-refractivity contribution >= 4 is 27.6 Å². The lowest BCUT2D eigenvalue weighted by molar-refractivity contribution is -0.118. The predicted molar refractivity (Wildman–Crippen MR) is 89.7 cm³/mol. The highest BCUT2D eigenvalue weighted by Gasteiger charge is 2.10. The second-order valence-corrected chi connectivity index (χ2v) is 6.49. The van der Waals surface area contributed by atoms with E-state index in [0.29, 0.717) is 11.3 Å². The number of hydrogen-bond donors (Lipinski definition) is 2. The highest BCUT2D eigenvalue weighted by Crippen LogP contribution is 2.15. The average Bonchev–Trinajstić information content (AvgIpc) is 2.59. The third kappa shape index (κ3) is 5.30. The third-order valence-corrected chi connectivity index (χ3v) is 4.00. The Kier molecular flexibility index (Phi) is 5.73. The zero-order chi connectivity index (χ0) is 18.4. The van der Waals surface area contributed by atoms with Gasteiger partial charge < -0.3 is 14.8 Å². The standard InChI is InChI=1S/C16H16N2O6S/c1-23-16(20)11-5-7-13(8-6-11)24-10-15(19)18-12-3-2-4-14(9-12)25(17,21)22/h2-9H,10H2,1H3,(H,18,19)(H2,17,21,22). The van der Waals surface area contributed by atoms with Crippen LogP contribution in [0.15, 0.2) is 53.4 Å². The van der Waals surface area contributed by atoms with Gasteiger partial charge in [0.05, 0.1) is 17.6 Å². The SMILES string of the molecule is COC(=O)c1ccc(OCC(=O)Nc2cccc(S(N)(=O)=O)c2)cc1. The lowest BCUT2D eigenvalue weighted by atomic mass is 10.2. The van der Waals surface area contributed by atoms with E-state index < -0.39 is 21.9 Å². The zero-order valence-electron chi connectivity index (χ0n) is 13.3. The normalized spacial score (nSPS) is 10.8. The van der Waals surface area contributed by atoms with Gasteiger partial charge in [0.15, 0.2) is 6.61 Å². The van der Waals surface area contributed by atoms with Crippen molar-refractivity contribution in [3.05, 3.63) is 54.1 Å². The van der Waals surface area contributed by atoms with Gasteiger partial charge in [-0.15, -0.1) is 0 Å². The summed E-state index contributed by atoms with van der Waals surface area (Å²) in [5.74, 6) is -0.566. The van der Waals surface area contributed by atoms with Crippen molar-refractivity contribution in [3.63, 3.8) is 0 Å². The van der Waals surface area contributed by atoms with Crippen LogP contribution in [-0.2, 0) is 19.6 Å². The molecule has 2 aromatic rings.